The Morgan fingerprint density at radius 3 is 2.74 bits per heavy atom. The zero-order valence-corrected chi connectivity index (χ0v) is 19.5. The summed E-state index contributed by atoms with van der Waals surface area (Å²) in [6, 6.07) is 8.74. The summed E-state index contributed by atoms with van der Waals surface area (Å²) in [4.78, 5) is 26.5. The fourth-order valence-electron chi connectivity index (χ4n) is 4.58. The Bertz CT molecular complexity index is 1520. The first-order valence-corrected chi connectivity index (χ1v) is 11.8. The molecule has 1 aliphatic carbocycles. The molecule has 3 aromatic heterocycles. The molecule has 6 rings (SSSR count). The minimum absolute atomic E-state index is 0.0186. The predicted molar refractivity (Wildman–Crippen MR) is 128 cm³/mol. The second-order valence-electron chi connectivity index (χ2n) is 9.63. The first-order chi connectivity index (χ1) is 16.8. The van der Waals surface area contributed by atoms with E-state index in [1.165, 1.54) is 43.3 Å². The molecule has 1 aromatic carbocycles. The van der Waals surface area contributed by atoms with Crippen molar-refractivity contribution >= 4 is 22.7 Å². The third-order valence-electron chi connectivity index (χ3n) is 6.48. The van der Waals surface area contributed by atoms with Crippen molar-refractivity contribution in [1.82, 2.24) is 29.6 Å². The van der Waals surface area contributed by atoms with Gasteiger partial charge >= 0.3 is 0 Å². The number of benzene rings is 1. The molecule has 8 nitrogen and oxygen atoms in total. The number of alkyl halides is 1. The molecule has 4 heterocycles. The van der Waals surface area contributed by atoms with Gasteiger partial charge in [0.25, 0.3) is 5.56 Å². The van der Waals surface area contributed by atoms with Crippen LogP contribution >= 0.6 is 0 Å². The summed E-state index contributed by atoms with van der Waals surface area (Å²) in [5.74, 6) is -0.191. The van der Waals surface area contributed by atoms with E-state index in [0.29, 0.717) is 17.0 Å². The summed E-state index contributed by atoms with van der Waals surface area (Å²) < 4.78 is 32.2. The van der Waals surface area contributed by atoms with E-state index in [-0.39, 0.29) is 23.1 Å². The van der Waals surface area contributed by atoms with Gasteiger partial charge in [-0.15, -0.1) is 0 Å². The summed E-state index contributed by atoms with van der Waals surface area (Å²) in [5.41, 5.74) is 1.15. The van der Waals surface area contributed by atoms with Gasteiger partial charge in [-0.2, -0.15) is 4.98 Å². The standard InChI is InChI=1S/C25H25F2N7O/c1-25(2,27)21-19(26)7-8-20(31-21)34-22-18(23(35)33(34)17-5-6-17)13-29-24(32-22)30-16-4-3-14-9-10-28-12-15(14)11-16/h3-4,7-8,11,13,17,28H,5-6,9-10,12H2,1-2H3,(H,29,30,32). The van der Waals surface area contributed by atoms with Crippen molar-refractivity contribution in [3.05, 3.63) is 69.5 Å². The van der Waals surface area contributed by atoms with E-state index < -0.39 is 11.5 Å². The van der Waals surface area contributed by atoms with Crippen molar-refractivity contribution in [2.24, 2.45) is 0 Å². The first-order valence-electron chi connectivity index (χ1n) is 11.8. The van der Waals surface area contributed by atoms with Gasteiger partial charge in [0.15, 0.2) is 11.5 Å². The minimum atomic E-state index is -1.99. The maximum absolute atomic E-state index is 14.7. The average molecular weight is 478 g/mol. The number of fused-ring (bicyclic) bond motifs is 2. The highest BCUT2D eigenvalue weighted by molar-refractivity contribution is 5.77. The van der Waals surface area contributed by atoms with Gasteiger partial charge < -0.3 is 10.6 Å². The maximum Gasteiger partial charge on any atom is 0.278 e. The summed E-state index contributed by atoms with van der Waals surface area (Å²) in [6.07, 6.45) is 4.15. The molecule has 0 spiro atoms. The van der Waals surface area contributed by atoms with Crippen LogP contribution in [0.5, 0.6) is 0 Å². The van der Waals surface area contributed by atoms with Crippen LogP contribution in [0.1, 0.15) is 49.6 Å². The molecule has 1 aliphatic heterocycles. The molecule has 2 N–H and O–H groups in total. The summed E-state index contributed by atoms with van der Waals surface area (Å²) in [7, 11) is 0. The van der Waals surface area contributed by atoms with Gasteiger partial charge in [-0.25, -0.2) is 28.1 Å². The van der Waals surface area contributed by atoms with Gasteiger partial charge in [-0.1, -0.05) is 6.07 Å². The van der Waals surface area contributed by atoms with Crippen LogP contribution in [0.4, 0.5) is 20.4 Å². The van der Waals surface area contributed by atoms with Gasteiger partial charge in [0.2, 0.25) is 5.95 Å². The topological polar surface area (TPSA) is 89.7 Å². The lowest BCUT2D eigenvalue weighted by molar-refractivity contribution is 0.205. The van der Waals surface area contributed by atoms with E-state index in [1.54, 1.807) is 9.36 Å². The molecule has 4 aromatic rings. The Kier molecular flexibility index (Phi) is 4.96. The number of rotatable bonds is 5. The zero-order chi connectivity index (χ0) is 24.3. The zero-order valence-electron chi connectivity index (χ0n) is 19.5. The number of halogens is 2. The van der Waals surface area contributed by atoms with Gasteiger partial charge in [0, 0.05) is 18.4 Å². The van der Waals surface area contributed by atoms with Crippen LogP contribution in [0.3, 0.4) is 0 Å². The number of anilines is 2. The van der Waals surface area contributed by atoms with E-state index in [9.17, 15) is 13.6 Å². The molecule has 1 saturated carbocycles. The molecule has 1 fully saturated rings. The van der Waals surface area contributed by atoms with E-state index in [0.717, 1.165) is 38.0 Å². The largest absolute Gasteiger partial charge is 0.324 e. The number of hydrogen-bond acceptors (Lipinski definition) is 6. The van der Waals surface area contributed by atoms with Crippen molar-refractivity contribution in [2.75, 3.05) is 11.9 Å². The Morgan fingerprint density at radius 2 is 1.97 bits per heavy atom. The molecule has 0 atom stereocenters. The highest BCUT2D eigenvalue weighted by Gasteiger charge is 2.32. The van der Waals surface area contributed by atoms with Gasteiger partial charge in [0.05, 0.1) is 6.04 Å². The van der Waals surface area contributed by atoms with Gasteiger partial charge in [0.1, 0.15) is 22.6 Å². The van der Waals surface area contributed by atoms with Gasteiger partial charge in [-0.3, -0.25) is 4.79 Å². The Labute approximate surface area is 200 Å². The third-order valence-corrected chi connectivity index (χ3v) is 6.48. The average Bonchev–Trinajstić information content (AvgIpc) is 3.63. The SMILES string of the molecule is CC(C)(F)c1nc(-n2c3nc(Nc4ccc5c(c4)CNCC5)ncc3c(=O)n2C2CC2)ccc1F. The van der Waals surface area contributed by atoms with Gasteiger partial charge in [-0.05, 0) is 75.0 Å². The molecule has 0 bridgehead atoms. The van der Waals surface area contributed by atoms with E-state index in [1.807, 2.05) is 6.07 Å². The summed E-state index contributed by atoms with van der Waals surface area (Å²) >= 11 is 0. The molecular weight excluding hydrogens is 452 g/mol. The smallest absolute Gasteiger partial charge is 0.278 e. The highest BCUT2D eigenvalue weighted by atomic mass is 19.1. The molecule has 35 heavy (non-hydrogen) atoms. The molecule has 10 heteroatoms. The quantitative estimate of drug-likeness (QED) is 0.451. The first kappa shape index (κ1) is 21.8. The highest BCUT2D eigenvalue weighted by Crippen LogP contribution is 2.36. The second kappa shape index (κ2) is 7.94. The Morgan fingerprint density at radius 1 is 1.14 bits per heavy atom. The van der Waals surface area contributed by atoms with Crippen molar-refractivity contribution in [3.8, 4) is 5.82 Å². The monoisotopic (exact) mass is 477 g/mol. The van der Waals surface area contributed by atoms with E-state index >= 15 is 0 Å². The fraction of sp³-hybridized carbons (Fsp3) is 0.360. The third kappa shape index (κ3) is 3.87. The lowest BCUT2D eigenvalue weighted by Gasteiger charge is -2.18. The molecule has 0 unspecified atom stereocenters. The van der Waals surface area contributed by atoms with Crippen molar-refractivity contribution in [1.29, 1.82) is 0 Å². The Balaban J connectivity index is 1.48. The normalized spacial score (nSPS) is 15.9. The molecule has 180 valence electrons. The fourth-order valence-corrected chi connectivity index (χ4v) is 4.58. The molecule has 0 radical (unpaired) electrons. The van der Waals surface area contributed by atoms with E-state index in [2.05, 4.69) is 37.7 Å². The lowest BCUT2D eigenvalue weighted by atomic mass is 10.0. The predicted octanol–water partition coefficient (Wildman–Crippen LogP) is 4.05. The second-order valence-corrected chi connectivity index (χ2v) is 9.63. The van der Waals surface area contributed by atoms with E-state index in [4.69, 9.17) is 0 Å². The minimum Gasteiger partial charge on any atom is -0.324 e. The summed E-state index contributed by atoms with van der Waals surface area (Å²) in [6.45, 7) is 4.27. The van der Waals surface area contributed by atoms with Crippen LogP contribution in [-0.2, 0) is 18.6 Å². The van der Waals surface area contributed by atoms with Crippen LogP contribution in [0.25, 0.3) is 16.9 Å². The molecular formula is C25H25F2N7O. The lowest BCUT2D eigenvalue weighted by Crippen LogP contribution is -2.23. The number of hydrogen-bond donors (Lipinski definition) is 2. The maximum atomic E-state index is 14.7. The van der Waals surface area contributed by atoms with Crippen LogP contribution in [-0.4, -0.2) is 30.9 Å². The Hall–Kier alpha value is -3.66. The van der Waals surface area contributed by atoms with Crippen LogP contribution in [0, 0.1) is 5.82 Å². The van der Waals surface area contributed by atoms with Crippen molar-refractivity contribution in [3.63, 3.8) is 0 Å². The number of aromatic nitrogens is 5. The number of nitrogens with zero attached hydrogens (tertiary/aromatic N) is 5. The van der Waals surface area contributed by atoms with Crippen molar-refractivity contribution in [2.45, 2.75) is 51.4 Å². The van der Waals surface area contributed by atoms with Crippen LogP contribution in [0.2, 0.25) is 0 Å². The molecule has 0 amide bonds. The van der Waals surface area contributed by atoms with Crippen LogP contribution in [0.15, 0.2) is 41.3 Å². The van der Waals surface area contributed by atoms with Crippen LogP contribution < -0.4 is 16.2 Å². The number of pyridine rings is 1. The van der Waals surface area contributed by atoms with Crippen molar-refractivity contribution < 1.29 is 8.78 Å². The summed E-state index contributed by atoms with van der Waals surface area (Å²) in [5, 5.41) is 6.92. The number of nitrogens with one attached hydrogen (secondary N) is 2. The molecule has 0 saturated heterocycles. The molecule has 2 aliphatic rings.